The second-order valence-corrected chi connectivity index (χ2v) is 5.04. The number of amides is 1. The summed E-state index contributed by atoms with van der Waals surface area (Å²) in [5.41, 5.74) is 0.242. The quantitative estimate of drug-likeness (QED) is 0.869. The topological polar surface area (TPSA) is 84.9 Å². The van der Waals surface area contributed by atoms with E-state index in [1.54, 1.807) is 0 Å². The van der Waals surface area contributed by atoms with Crippen molar-refractivity contribution in [1.82, 2.24) is 5.32 Å². The molecule has 0 saturated heterocycles. The Kier molecular flexibility index (Phi) is 4.90. The molecule has 1 aromatic carbocycles. The van der Waals surface area contributed by atoms with Gasteiger partial charge in [-0.05, 0) is 18.6 Å². The van der Waals surface area contributed by atoms with Gasteiger partial charge in [-0.2, -0.15) is 0 Å². The van der Waals surface area contributed by atoms with Gasteiger partial charge in [0.15, 0.2) is 11.5 Å². The minimum Gasteiger partial charge on any atom is -0.486 e. The molecule has 1 atom stereocenters. The summed E-state index contributed by atoms with van der Waals surface area (Å²) in [6.45, 7) is 2.63. The van der Waals surface area contributed by atoms with Crippen LogP contribution >= 0.6 is 11.6 Å². The zero-order valence-electron chi connectivity index (χ0n) is 11.5. The zero-order valence-corrected chi connectivity index (χ0v) is 12.3. The molecule has 1 amide bonds. The molecular weight excluding hydrogens is 298 g/mol. The SMILES string of the molecule is CCCC(NC(=O)c1cc(Cl)c2c(c1)OCCO2)C(=O)O. The van der Waals surface area contributed by atoms with Crippen LogP contribution in [0.25, 0.3) is 0 Å². The van der Waals surface area contributed by atoms with Crippen LogP contribution in [-0.4, -0.2) is 36.2 Å². The maximum Gasteiger partial charge on any atom is 0.326 e. The average molecular weight is 314 g/mol. The van der Waals surface area contributed by atoms with E-state index >= 15 is 0 Å². The number of benzene rings is 1. The summed E-state index contributed by atoms with van der Waals surface area (Å²) >= 11 is 6.05. The number of hydrogen-bond acceptors (Lipinski definition) is 4. The van der Waals surface area contributed by atoms with Crippen LogP contribution in [-0.2, 0) is 4.79 Å². The Hall–Kier alpha value is -1.95. The van der Waals surface area contributed by atoms with E-state index in [2.05, 4.69) is 5.32 Å². The largest absolute Gasteiger partial charge is 0.486 e. The average Bonchev–Trinajstić information content (AvgIpc) is 2.46. The van der Waals surface area contributed by atoms with Gasteiger partial charge in [0.25, 0.3) is 5.91 Å². The first-order valence-corrected chi connectivity index (χ1v) is 7.03. The number of ether oxygens (including phenoxy) is 2. The first-order chi connectivity index (χ1) is 10.0. The highest BCUT2D eigenvalue weighted by molar-refractivity contribution is 6.32. The van der Waals surface area contributed by atoms with Crippen molar-refractivity contribution in [3.05, 3.63) is 22.7 Å². The van der Waals surface area contributed by atoms with Crippen molar-refractivity contribution in [2.75, 3.05) is 13.2 Å². The van der Waals surface area contributed by atoms with E-state index in [-0.39, 0.29) is 10.6 Å². The molecule has 0 spiro atoms. The second-order valence-electron chi connectivity index (χ2n) is 4.64. The van der Waals surface area contributed by atoms with E-state index in [1.807, 2.05) is 6.92 Å². The molecule has 7 heteroatoms. The molecule has 1 aromatic rings. The predicted molar refractivity (Wildman–Crippen MR) is 76.2 cm³/mol. The van der Waals surface area contributed by atoms with Crippen LogP contribution in [0.2, 0.25) is 5.02 Å². The number of rotatable bonds is 5. The van der Waals surface area contributed by atoms with Crippen molar-refractivity contribution in [1.29, 1.82) is 0 Å². The standard InChI is InChI=1S/C14H16ClNO5/c1-2-3-10(14(18)19)16-13(17)8-6-9(15)12-11(7-8)20-4-5-21-12/h6-7,10H,2-5H2,1H3,(H,16,17)(H,18,19). The summed E-state index contributed by atoms with van der Waals surface area (Å²) in [5, 5.41) is 11.8. The highest BCUT2D eigenvalue weighted by atomic mass is 35.5. The summed E-state index contributed by atoms with van der Waals surface area (Å²) < 4.78 is 10.8. The Morgan fingerprint density at radius 2 is 2.10 bits per heavy atom. The normalized spacial score (nSPS) is 14.4. The van der Waals surface area contributed by atoms with Gasteiger partial charge in [0.05, 0.1) is 5.02 Å². The second kappa shape index (κ2) is 6.67. The van der Waals surface area contributed by atoms with Gasteiger partial charge in [-0.15, -0.1) is 0 Å². The fourth-order valence-electron chi connectivity index (χ4n) is 2.03. The Labute approximate surface area is 127 Å². The minimum atomic E-state index is -1.06. The summed E-state index contributed by atoms with van der Waals surface area (Å²) in [4.78, 5) is 23.2. The summed E-state index contributed by atoms with van der Waals surface area (Å²) in [7, 11) is 0. The van der Waals surface area contributed by atoms with Gasteiger partial charge in [-0.3, -0.25) is 4.79 Å². The van der Waals surface area contributed by atoms with Crippen molar-refractivity contribution in [3.8, 4) is 11.5 Å². The lowest BCUT2D eigenvalue weighted by Crippen LogP contribution is -2.40. The van der Waals surface area contributed by atoms with Gasteiger partial charge in [-0.1, -0.05) is 24.9 Å². The molecule has 1 aliphatic rings. The number of aliphatic carboxylic acids is 1. The summed E-state index contributed by atoms with van der Waals surface area (Å²) in [5.74, 6) is -0.771. The maximum atomic E-state index is 12.1. The first kappa shape index (κ1) is 15.4. The van der Waals surface area contributed by atoms with E-state index in [1.165, 1.54) is 12.1 Å². The van der Waals surface area contributed by atoms with E-state index in [9.17, 15) is 9.59 Å². The molecule has 0 aliphatic carbocycles. The van der Waals surface area contributed by atoms with Crippen molar-refractivity contribution in [2.45, 2.75) is 25.8 Å². The van der Waals surface area contributed by atoms with Crippen molar-refractivity contribution in [2.24, 2.45) is 0 Å². The van der Waals surface area contributed by atoms with Crippen molar-refractivity contribution < 1.29 is 24.2 Å². The maximum absolute atomic E-state index is 12.1. The third kappa shape index (κ3) is 3.58. The van der Waals surface area contributed by atoms with E-state index in [4.69, 9.17) is 26.2 Å². The van der Waals surface area contributed by atoms with Crippen molar-refractivity contribution in [3.63, 3.8) is 0 Å². The van der Waals surface area contributed by atoms with Crippen LogP contribution < -0.4 is 14.8 Å². The van der Waals surface area contributed by atoms with Gasteiger partial charge in [0.2, 0.25) is 0 Å². The molecule has 114 valence electrons. The smallest absolute Gasteiger partial charge is 0.326 e. The molecule has 0 saturated carbocycles. The highest BCUT2D eigenvalue weighted by Gasteiger charge is 2.23. The van der Waals surface area contributed by atoms with Crippen LogP contribution in [0, 0.1) is 0 Å². The number of carboxylic acids is 1. The number of halogens is 1. The van der Waals surface area contributed by atoms with Crippen molar-refractivity contribution >= 4 is 23.5 Å². The molecule has 6 nitrogen and oxygen atoms in total. The number of hydrogen-bond donors (Lipinski definition) is 2. The third-order valence-corrected chi connectivity index (χ3v) is 3.32. The Bertz CT molecular complexity index is 561. The van der Waals surface area contributed by atoms with Crippen LogP contribution in [0.15, 0.2) is 12.1 Å². The number of carbonyl (C=O) groups is 2. The fourth-order valence-corrected chi connectivity index (χ4v) is 2.29. The molecule has 1 aliphatic heterocycles. The first-order valence-electron chi connectivity index (χ1n) is 6.65. The molecule has 0 aromatic heterocycles. The molecular formula is C14H16ClNO5. The van der Waals surface area contributed by atoms with Crippen LogP contribution in [0.3, 0.4) is 0 Å². The molecule has 1 heterocycles. The molecule has 0 bridgehead atoms. The fraction of sp³-hybridized carbons (Fsp3) is 0.429. The van der Waals surface area contributed by atoms with Gasteiger partial charge in [0, 0.05) is 5.56 Å². The van der Waals surface area contributed by atoms with Gasteiger partial charge in [0.1, 0.15) is 19.3 Å². The number of carboxylic acid groups (broad SMARTS) is 1. The lowest BCUT2D eigenvalue weighted by molar-refractivity contribution is -0.139. The predicted octanol–water partition coefficient (Wildman–Crippen LogP) is 2.09. The number of fused-ring (bicyclic) bond motifs is 1. The third-order valence-electron chi connectivity index (χ3n) is 3.04. The van der Waals surface area contributed by atoms with E-state index in [0.717, 1.165) is 0 Å². The van der Waals surface area contributed by atoms with Gasteiger partial charge in [-0.25, -0.2) is 4.79 Å². The van der Waals surface area contributed by atoms with E-state index in [0.29, 0.717) is 37.6 Å². The van der Waals surface area contributed by atoms with Gasteiger partial charge < -0.3 is 19.9 Å². The molecule has 1 unspecified atom stereocenters. The number of nitrogens with one attached hydrogen (secondary N) is 1. The highest BCUT2D eigenvalue weighted by Crippen LogP contribution is 2.38. The molecule has 2 N–H and O–H groups in total. The lowest BCUT2D eigenvalue weighted by atomic mass is 10.1. The van der Waals surface area contributed by atoms with E-state index < -0.39 is 17.9 Å². The van der Waals surface area contributed by atoms with Crippen LogP contribution in [0.5, 0.6) is 11.5 Å². The molecule has 0 radical (unpaired) electrons. The Balaban J connectivity index is 2.19. The Morgan fingerprint density at radius 1 is 1.38 bits per heavy atom. The van der Waals surface area contributed by atoms with Gasteiger partial charge >= 0.3 is 5.97 Å². The number of carbonyl (C=O) groups excluding carboxylic acids is 1. The Morgan fingerprint density at radius 3 is 2.76 bits per heavy atom. The minimum absolute atomic E-state index is 0.242. The zero-order chi connectivity index (χ0) is 15.4. The monoisotopic (exact) mass is 313 g/mol. The summed E-state index contributed by atoms with van der Waals surface area (Å²) in [6.07, 6.45) is 1.01. The molecule has 21 heavy (non-hydrogen) atoms. The lowest BCUT2D eigenvalue weighted by Gasteiger charge is -2.20. The molecule has 0 fully saturated rings. The molecule has 2 rings (SSSR count). The summed E-state index contributed by atoms with van der Waals surface area (Å²) in [6, 6.07) is 2.02. The van der Waals surface area contributed by atoms with Crippen LogP contribution in [0.1, 0.15) is 30.1 Å². The van der Waals surface area contributed by atoms with Crippen LogP contribution in [0.4, 0.5) is 0 Å².